The highest BCUT2D eigenvalue weighted by Gasteiger charge is 2.25. The van der Waals surface area contributed by atoms with E-state index in [9.17, 15) is 4.79 Å². The minimum atomic E-state index is -0.254. The summed E-state index contributed by atoms with van der Waals surface area (Å²) in [5, 5.41) is 11.9. The van der Waals surface area contributed by atoms with Gasteiger partial charge in [0.25, 0.3) is 5.91 Å². The van der Waals surface area contributed by atoms with Crippen molar-refractivity contribution in [2.75, 3.05) is 26.9 Å². The van der Waals surface area contributed by atoms with Crippen LogP contribution in [0.15, 0.2) is 48.8 Å². The van der Waals surface area contributed by atoms with Gasteiger partial charge in [-0.2, -0.15) is 10.2 Å². The van der Waals surface area contributed by atoms with Crippen molar-refractivity contribution in [3.8, 4) is 0 Å². The molecule has 29 heavy (non-hydrogen) atoms. The van der Waals surface area contributed by atoms with E-state index in [4.69, 9.17) is 14.6 Å². The summed E-state index contributed by atoms with van der Waals surface area (Å²) in [6.45, 7) is 2.85. The number of nitrogens with zero attached hydrogens (tertiary/aromatic N) is 4. The third kappa shape index (κ3) is 4.72. The van der Waals surface area contributed by atoms with E-state index in [-0.39, 0.29) is 12.0 Å². The fourth-order valence-electron chi connectivity index (χ4n) is 3.41. The smallest absolute Gasteiger partial charge is 0.271 e. The summed E-state index contributed by atoms with van der Waals surface area (Å²) >= 11 is 0. The van der Waals surface area contributed by atoms with Crippen molar-refractivity contribution in [2.24, 2.45) is 0 Å². The number of carbonyl (C=O) groups excluding carboxylic acids is 1. The first-order valence-corrected chi connectivity index (χ1v) is 9.75. The molecule has 1 aromatic carbocycles. The summed E-state index contributed by atoms with van der Waals surface area (Å²) in [4.78, 5) is 12.4. The highest BCUT2D eigenvalue weighted by atomic mass is 16.5. The quantitative estimate of drug-likeness (QED) is 0.629. The lowest BCUT2D eigenvalue weighted by molar-refractivity contribution is 0.0382. The number of nitrogens with one attached hydrogen (secondary N) is 1. The lowest BCUT2D eigenvalue weighted by Gasteiger charge is -2.22. The molecule has 3 heterocycles. The van der Waals surface area contributed by atoms with Gasteiger partial charge < -0.3 is 14.8 Å². The second kappa shape index (κ2) is 9.02. The maximum absolute atomic E-state index is 12.4. The molecule has 8 nitrogen and oxygen atoms in total. The minimum Gasteiger partial charge on any atom is -0.383 e. The topological polar surface area (TPSA) is 83.2 Å². The van der Waals surface area contributed by atoms with Crippen molar-refractivity contribution in [3.05, 3.63) is 71.3 Å². The fourth-order valence-corrected chi connectivity index (χ4v) is 3.41. The summed E-state index contributed by atoms with van der Waals surface area (Å²) < 4.78 is 14.5. The zero-order valence-electron chi connectivity index (χ0n) is 16.5. The van der Waals surface area contributed by atoms with Gasteiger partial charge in [-0.25, -0.2) is 0 Å². The molecule has 0 saturated carbocycles. The molecular formula is C21H25N5O3. The van der Waals surface area contributed by atoms with Crippen LogP contribution >= 0.6 is 0 Å². The molecule has 2 aromatic heterocycles. The van der Waals surface area contributed by atoms with Gasteiger partial charge in [0.1, 0.15) is 11.8 Å². The highest BCUT2D eigenvalue weighted by molar-refractivity contribution is 5.92. The Kier molecular flexibility index (Phi) is 6.02. The van der Waals surface area contributed by atoms with Gasteiger partial charge in [-0.1, -0.05) is 30.3 Å². The molecule has 152 valence electrons. The molecule has 4 rings (SSSR count). The predicted molar refractivity (Wildman–Crippen MR) is 107 cm³/mol. The molecule has 0 spiro atoms. The average molecular weight is 395 g/mol. The van der Waals surface area contributed by atoms with Crippen LogP contribution in [0.1, 0.15) is 33.4 Å². The number of rotatable bonds is 8. The summed E-state index contributed by atoms with van der Waals surface area (Å²) in [7, 11) is 1.64. The molecule has 0 saturated heterocycles. The van der Waals surface area contributed by atoms with Crippen LogP contribution in [0.25, 0.3) is 0 Å². The van der Waals surface area contributed by atoms with Crippen molar-refractivity contribution in [3.63, 3.8) is 0 Å². The number of carbonyl (C=O) groups is 1. The van der Waals surface area contributed by atoms with Crippen molar-refractivity contribution in [1.82, 2.24) is 24.9 Å². The van der Waals surface area contributed by atoms with Gasteiger partial charge in [-0.15, -0.1) is 0 Å². The Labute approximate surface area is 169 Å². The van der Waals surface area contributed by atoms with Crippen LogP contribution in [-0.4, -0.2) is 52.3 Å². The Balaban J connectivity index is 1.38. The highest BCUT2D eigenvalue weighted by Crippen LogP contribution is 2.25. The average Bonchev–Trinajstić information content (AvgIpc) is 3.38. The first-order chi connectivity index (χ1) is 14.2. The third-order valence-electron chi connectivity index (χ3n) is 4.90. The van der Waals surface area contributed by atoms with Crippen LogP contribution in [0.4, 0.5) is 0 Å². The van der Waals surface area contributed by atoms with Gasteiger partial charge >= 0.3 is 0 Å². The Morgan fingerprint density at radius 3 is 2.93 bits per heavy atom. The number of benzene rings is 1. The lowest BCUT2D eigenvalue weighted by Crippen LogP contribution is -2.32. The van der Waals surface area contributed by atoms with Crippen molar-refractivity contribution in [2.45, 2.75) is 25.6 Å². The summed E-state index contributed by atoms with van der Waals surface area (Å²) in [5.41, 5.74) is 3.65. The second-order valence-electron chi connectivity index (χ2n) is 7.00. The van der Waals surface area contributed by atoms with E-state index >= 15 is 0 Å². The number of ether oxygens (including phenoxy) is 2. The van der Waals surface area contributed by atoms with Gasteiger partial charge in [-0.3, -0.25) is 14.2 Å². The van der Waals surface area contributed by atoms with Crippen molar-refractivity contribution in [1.29, 1.82) is 0 Å². The van der Waals surface area contributed by atoms with Crippen LogP contribution in [-0.2, 0) is 29.0 Å². The zero-order valence-corrected chi connectivity index (χ0v) is 16.5. The Morgan fingerprint density at radius 2 is 2.10 bits per heavy atom. The van der Waals surface area contributed by atoms with E-state index in [2.05, 4.69) is 28.7 Å². The van der Waals surface area contributed by atoms with Gasteiger partial charge in [0.2, 0.25) is 0 Å². The van der Waals surface area contributed by atoms with Crippen LogP contribution in [0.2, 0.25) is 0 Å². The molecule has 1 N–H and O–H groups in total. The number of fused-ring (bicyclic) bond motifs is 1. The lowest BCUT2D eigenvalue weighted by atomic mass is 10.1. The number of aromatic nitrogens is 4. The first-order valence-electron chi connectivity index (χ1n) is 9.75. The van der Waals surface area contributed by atoms with Gasteiger partial charge in [0.15, 0.2) is 0 Å². The number of amides is 1. The maximum Gasteiger partial charge on any atom is 0.271 e. The van der Waals surface area contributed by atoms with Crippen LogP contribution in [0.5, 0.6) is 0 Å². The second-order valence-corrected chi connectivity index (χ2v) is 7.00. The number of methoxy groups -OCH3 is 1. The molecule has 0 aliphatic carbocycles. The molecule has 1 atom stereocenters. The number of hydrogen-bond donors (Lipinski definition) is 1. The molecule has 0 fully saturated rings. The van der Waals surface area contributed by atoms with E-state index in [0.717, 1.165) is 12.1 Å². The van der Waals surface area contributed by atoms with Crippen LogP contribution < -0.4 is 5.32 Å². The van der Waals surface area contributed by atoms with Crippen molar-refractivity contribution >= 4 is 5.91 Å². The van der Waals surface area contributed by atoms with E-state index in [0.29, 0.717) is 38.5 Å². The van der Waals surface area contributed by atoms with Gasteiger partial charge in [0, 0.05) is 26.0 Å². The summed E-state index contributed by atoms with van der Waals surface area (Å²) in [5.74, 6) is -0.222. The number of hydrogen-bond acceptors (Lipinski definition) is 5. The largest absolute Gasteiger partial charge is 0.383 e. The van der Waals surface area contributed by atoms with Crippen LogP contribution in [0, 0.1) is 0 Å². The molecule has 8 heteroatoms. The maximum atomic E-state index is 12.4. The van der Waals surface area contributed by atoms with Gasteiger partial charge in [-0.05, 0) is 23.6 Å². The molecule has 3 aromatic rings. The summed E-state index contributed by atoms with van der Waals surface area (Å²) in [6.07, 6.45) is 4.43. The standard InChI is InChI=1S/C21H25N5O3/c1-28-12-10-25-9-7-18(23-25)21(27)22-13-19-20-17(8-11-29-19)15-26(24-20)14-16-5-3-2-4-6-16/h2-7,9,15,19H,8,10-14H2,1H3,(H,22,27)/t19-/m1/s1. The van der Waals surface area contributed by atoms with E-state index in [1.807, 2.05) is 22.9 Å². The van der Waals surface area contributed by atoms with E-state index in [1.54, 1.807) is 24.1 Å². The third-order valence-corrected chi connectivity index (χ3v) is 4.90. The molecule has 1 aliphatic rings. The van der Waals surface area contributed by atoms with Gasteiger partial charge in [0.05, 0.1) is 32.0 Å². The monoisotopic (exact) mass is 395 g/mol. The minimum absolute atomic E-state index is 0.222. The van der Waals surface area contributed by atoms with Crippen molar-refractivity contribution < 1.29 is 14.3 Å². The summed E-state index contributed by atoms with van der Waals surface area (Å²) in [6, 6.07) is 11.9. The molecule has 0 bridgehead atoms. The van der Waals surface area contributed by atoms with E-state index < -0.39 is 0 Å². The normalized spacial score (nSPS) is 15.8. The molecule has 0 radical (unpaired) electrons. The Bertz CT molecular complexity index is 950. The SMILES string of the molecule is COCCn1ccc(C(=O)NC[C@H]2OCCc3cn(Cc4ccccc4)nc32)n1. The Morgan fingerprint density at radius 1 is 1.24 bits per heavy atom. The zero-order chi connectivity index (χ0) is 20.1. The molecule has 1 amide bonds. The Hall–Kier alpha value is -2.97. The molecule has 1 aliphatic heterocycles. The van der Waals surface area contributed by atoms with Crippen LogP contribution in [0.3, 0.4) is 0 Å². The molecular weight excluding hydrogens is 370 g/mol. The first kappa shape index (κ1) is 19.4. The predicted octanol–water partition coefficient (Wildman–Crippen LogP) is 1.82. The van der Waals surface area contributed by atoms with E-state index in [1.165, 1.54) is 11.1 Å². The molecule has 0 unspecified atom stereocenters. The fraction of sp³-hybridized carbons (Fsp3) is 0.381.